The van der Waals surface area contributed by atoms with E-state index in [9.17, 15) is 4.79 Å². The monoisotopic (exact) mass is 210 g/mol. The maximum absolute atomic E-state index is 11.9. The van der Waals surface area contributed by atoms with Crippen molar-refractivity contribution in [3.05, 3.63) is 16.8 Å². The maximum atomic E-state index is 11.9. The normalized spacial score (nSPS) is 22.8. The molecule has 1 unspecified atom stereocenters. The molecule has 0 spiro atoms. The number of carbonyl (C=O) groups excluding carboxylic acids is 1. The van der Waals surface area contributed by atoms with Crippen LogP contribution in [-0.4, -0.2) is 25.5 Å². The zero-order valence-electron chi connectivity index (χ0n) is 8.19. The number of amides is 1. The molecule has 1 amide bonds. The van der Waals surface area contributed by atoms with E-state index in [4.69, 9.17) is 0 Å². The molecule has 14 heavy (non-hydrogen) atoms. The van der Waals surface area contributed by atoms with Crippen molar-refractivity contribution >= 4 is 22.9 Å². The third kappa shape index (κ3) is 1.67. The Kier molecular flexibility index (Phi) is 2.84. The van der Waals surface area contributed by atoms with Crippen LogP contribution in [0.5, 0.6) is 0 Å². The largest absolute Gasteiger partial charge is 0.310 e. The molecule has 1 aromatic heterocycles. The van der Waals surface area contributed by atoms with Gasteiger partial charge in [-0.3, -0.25) is 4.79 Å². The number of carbonyl (C=O) groups is 1. The van der Waals surface area contributed by atoms with E-state index in [2.05, 4.69) is 5.32 Å². The first kappa shape index (κ1) is 9.68. The van der Waals surface area contributed by atoms with Crippen LogP contribution in [0.1, 0.15) is 12.8 Å². The number of anilines is 1. The van der Waals surface area contributed by atoms with Crippen molar-refractivity contribution in [1.82, 2.24) is 5.32 Å². The van der Waals surface area contributed by atoms with Crippen LogP contribution in [0.3, 0.4) is 0 Å². The minimum atomic E-state index is 0.00338. The average molecular weight is 210 g/mol. The maximum Gasteiger partial charge on any atom is 0.244 e. The van der Waals surface area contributed by atoms with E-state index >= 15 is 0 Å². The van der Waals surface area contributed by atoms with Gasteiger partial charge in [0.1, 0.15) is 0 Å². The SMILES string of the molecule is CNC1CCCN(c2ccsc2)C1=O. The van der Waals surface area contributed by atoms with E-state index in [0.717, 1.165) is 25.1 Å². The standard InChI is InChI=1S/C10H14N2OS/c1-11-9-3-2-5-12(10(9)13)8-4-6-14-7-8/h4,6-7,9,11H,2-3,5H2,1H3. The zero-order chi connectivity index (χ0) is 9.97. The van der Waals surface area contributed by atoms with Crippen molar-refractivity contribution < 1.29 is 4.79 Å². The van der Waals surface area contributed by atoms with Crippen LogP contribution >= 0.6 is 11.3 Å². The Labute approximate surface area is 87.7 Å². The fraction of sp³-hybridized carbons (Fsp3) is 0.500. The molecule has 4 heteroatoms. The number of nitrogens with zero attached hydrogens (tertiary/aromatic N) is 1. The van der Waals surface area contributed by atoms with Gasteiger partial charge in [0, 0.05) is 11.9 Å². The summed E-state index contributed by atoms with van der Waals surface area (Å²) in [5.74, 6) is 0.206. The van der Waals surface area contributed by atoms with Crippen LogP contribution in [0, 0.1) is 0 Å². The lowest BCUT2D eigenvalue weighted by atomic mass is 10.0. The molecule has 1 N–H and O–H groups in total. The van der Waals surface area contributed by atoms with Crippen molar-refractivity contribution in [2.24, 2.45) is 0 Å². The molecule has 0 bridgehead atoms. The molecule has 0 saturated carbocycles. The molecule has 1 aliphatic rings. The second-order valence-corrected chi connectivity index (χ2v) is 4.23. The van der Waals surface area contributed by atoms with Gasteiger partial charge in [0.05, 0.1) is 11.7 Å². The van der Waals surface area contributed by atoms with Crippen molar-refractivity contribution in [2.75, 3.05) is 18.5 Å². The van der Waals surface area contributed by atoms with Gasteiger partial charge < -0.3 is 10.2 Å². The number of rotatable bonds is 2. The van der Waals surface area contributed by atoms with Gasteiger partial charge in [0.15, 0.2) is 0 Å². The molecular weight excluding hydrogens is 196 g/mol. The molecule has 3 nitrogen and oxygen atoms in total. The first-order chi connectivity index (χ1) is 6.83. The summed E-state index contributed by atoms with van der Waals surface area (Å²) in [5, 5.41) is 7.09. The van der Waals surface area contributed by atoms with Crippen molar-refractivity contribution in [1.29, 1.82) is 0 Å². The highest BCUT2D eigenvalue weighted by Gasteiger charge is 2.28. The molecule has 1 aromatic rings. The number of thiophene rings is 1. The quantitative estimate of drug-likeness (QED) is 0.801. The molecule has 1 fully saturated rings. The van der Waals surface area contributed by atoms with Crippen LogP contribution < -0.4 is 10.2 Å². The van der Waals surface area contributed by atoms with Gasteiger partial charge in [-0.1, -0.05) is 0 Å². The fourth-order valence-corrected chi connectivity index (χ4v) is 2.45. The van der Waals surface area contributed by atoms with E-state index in [1.54, 1.807) is 11.3 Å². The summed E-state index contributed by atoms with van der Waals surface area (Å²) < 4.78 is 0. The van der Waals surface area contributed by atoms with Crippen molar-refractivity contribution in [3.8, 4) is 0 Å². The van der Waals surface area contributed by atoms with E-state index in [1.807, 2.05) is 28.8 Å². The van der Waals surface area contributed by atoms with Gasteiger partial charge in [-0.2, -0.15) is 11.3 Å². The minimum absolute atomic E-state index is 0.00338. The molecule has 0 aliphatic carbocycles. The van der Waals surface area contributed by atoms with Crippen LogP contribution in [0.25, 0.3) is 0 Å². The summed E-state index contributed by atoms with van der Waals surface area (Å²) in [4.78, 5) is 13.8. The Morgan fingerprint density at radius 3 is 3.14 bits per heavy atom. The second kappa shape index (κ2) is 4.11. The fourth-order valence-electron chi connectivity index (χ4n) is 1.81. The summed E-state index contributed by atoms with van der Waals surface area (Å²) in [6, 6.07) is 2.00. The second-order valence-electron chi connectivity index (χ2n) is 3.45. The van der Waals surface area contributed by atoms with Crippen molar-refractivity contribution in [2.45, 2.75) is 18.9 Å². The van der Waals surface area contributed by atoms with Gasteiger partial charge in [0.2, 0.25) is 5.91 Å². The van der Waals surface area contributed by atoms with E-state index < -0.39 is 0 Å². The summed E-state index contributed by atoms with van der Waals surface area (Å²) in [6.07, 6.45) is 2.03. The first-order valence-corrected chi connectivity index (χ1v) is 5.78. The number of hydrogen-bond acceptors (Lipinski definition) is 3. The Bertz CT molecular complexity index is 310. The molecule has 0 radical (unpaired) electrons. The molecule has 0 aromatic carbocycles. The Morgan fingerprint density at radius 2 is 2.50 bits per heavy atom. The Balaban J connectivity index is 2.16. The first-order valence-electron chi connectivity index (χ1n) is 4.84. The third-order valence-corrected chi connectivity index (χ3v) is 3.28. The van der Waals surface area contributed by atoms with Crippen LogP contribution in [-0.2, 0) is 4.79 Å². The summed E-state index contributed by atoms with van der Waals surface area (Å²) >= 11 is 1.63. The zero-order valence-corrected chi connectivity index (χ0v) is 9.01. The number of piperidine rings is 1. The molecule has 2 rings (SSSR count). The number of likely N-dealkylation sites (N-methyl/N-ethyl adjacent to an activating group) is 1. The Hall–Kier alpha value is -0.870. The third-order valence-electron chi connectivity index (χ3n) is 2.60. The topological polar surface area (TPSA) is 32.3 Å². The van der Waals surface area contributed by atoms with Crippen LogP contribution in [0.4, 0.5) is 5.69 Å². The minimum Gasteiger partial charge on any atom is -0.310 e. The highest BCUT2D eigenvalue weighted by Crippen LogP contribution is 2.23. The molecule has 2 heterocycles. The van der Waals surface area contributed by atoms with E-state index in [1.165, 1.54) is 0 Å². The Morgan fingerprint density at radius 1 is 1.64 bits per heavy atom. The number of hydrogen-bond donors (Lipinski definition) is 1. The predicted molar refractivity (Wildman–Crippen MR) is 58.8 cm³/mol. The summed E-state index contributed by atoms with van der Waals surface area (Å²) in [7, 11) is 1.85. The molecular formula is C10H14N2OS. The van der Waals surface area contributed by atoms with E-state index in [-0.39, 0.29) is 11.9 Å². The van der Waals surface area contributed by atoms with Gasteiger partial charge >= 0.3 is 0 Å². The highest BCUT2D eigenvalue weighted by atomic mass is 32.1. The average Bonchev–Trinajstić information content (AvgIpc) is 2.71. The lowest BCUT2D eigenvalue weighted by Crippen LogP contribution is -2.49. The van der Waals surface area contributed by atoms with Gasteiger partial charge in [-0.15, -0.1) is 0 Å². The molecule has 1 saturated heterocycles. The van der Waals surface area contributed by atoms with Gasteiger partial charge in [-0.05, 0) is 31.3 Å². The van der Waals surface area contributed by atoms with Gasteiger partial charge in [-0.25, -0.2) is 0 Å². The molecule has 1 atom stereocenters. The van der Waals surface area contributed by atoms with Crippen molar-refractivity contribution in [3.63, 3.8) is 0 Å². The highest BCUT2D eigenvalue weighted by molar-refractivity contribution is 7.08. The van der Waals surface area contributed by atoms with Crippen LogP contribution in [0.15, 0.2) is 16.8 Å². The van der Waals surface area contributed by atoms with Gasteiger partial charge in [0.25, 0.3) is 0 Å². The number of nitrogens with one attached hydrogen (secondary N) is 1. The summed E-state index contributed by atoms with van der Waals surface area (Å²) in [5.41, 5.74) is 1.04. The van der Waals surface area contributed by atoms with E-state index in [0.29, 0.717) is 0 Å². The van der Waals surface area contributed by atoms with Crippen LogP contribution in [0.2, 0.25) is 0 Å². The predicted octanol–water partition coefficient (Wildman–Crippen LogP) is 1.46. The summed E-state index contributed by atoms with van der Waals surface area (Å²) in [6.45, 7) is 0.855. The lowest BCUT2D eigenvalue weighted by Gasteiger charge is -2.31. The molecule has 76 valence electrons. The molecule has 1 aliphatic heterocycles. The smallest absolute Gasteiger partial charge is 0.244 e. The lowest BCUT2D eigenvalue weighted by molar-refractivity contribution is -0.121.